The molecule has 0 radical (unpaired) electrons. The molecule has 1 aromatic heterocycles. The Morgan fingerprint density at radius 1 is 1.28 bits per heavy atom. The third-order valence-electron chi connectivity index (χ3n) is 5.11. The van der Waals surface area contributed by atoms with Gasteiger partial charge in [0, 0.05) is 37.3 Å². The molecule has 4 rings (SSSR count). The fraction of sp³-hybridized carbons (Fsp3) is 0.474. The Kier molecular flexibility index (Phi) is 4.81. The second-order valence-electron chi connectivity index (χ2n) is 6.80. The number of para-hydroxylation sites is 1. The van der Waals surface area contributed by atoms with E-state index in [-0.39, 0.29) is 12.1 Å². The van der Waals surface area contributed by atoms with Gasteiger partial charge in [0.15, 0.2) is 0 Å². The van der Waals surface area contributed by atoms with Gasteiger partial charge in [0.1, 0.15) is 0 Å². The summed E-state index contributed by atoms with van der Waals surface area (Å²) in [5.74, 6) is 0. The minimum absolute atomic E-state index is 0.0827. The van der Waals surface area contributed by atoms with E-state index in [0.717, 1.165) is 36.2 Å². The largest absolute Gasteiger partial charge is 0.373 e. The van der Waals surface area contributed by atoms with Crippen molar-refractivity contribution in [3.8, 4) is 0 Å². The van der Waals surface area contributed by atoms with Crippen LogP contribution in [-0.2, 0) is 11.3 Å². The van der Waals surface area contributed by atoms with Crippen molar-refractivity contribution in [1.82, 2.24) is 20.5 Å². The molecule has 6 heteroatoms. The van der Waals surface area contributed by atoms with Gasteiger partial charge in [0.2, 0.25) is 0 Å². The van der Waals surface area contributed by atoms with Gasteiger partial charge in [-0.2, -0.15) is 0 Å². The second-order valence-corrected chi connectivity index (χ2v) is 6.80. The average Bonchev–Trinajstić information content (AvgIpc) is 3.12. The predicted octanol–water partition coefficient (Wildman–Crippen LogP) is 1.90. The smallest absolute Gasteiger partial charge is 0.315 e. The number of pyridine rings is 1. The number of benzene rings is 1. The molecule has 2 fully saturated rings. The number of nitrogens with one attached hydrogen (secondary N) is 2. The zero-order valence-corrected chi connectivity index (χ0v) is 14.3. The highest BCUT2D eigenvalue weighted by Crippen LogP contribution is 2.22. The third-order valence-corrected chi connectivity index (χ3v) is 5.11. The van der Waals surface area contributed by atoms with Crippen LogP contribution in [0.1, 0.15) is 18.4 Å². The van der Waals surface area contributed by atoms with Gasteiger partial charge >= 0.3 is 6.03 Å². The molecule has 2 amide bonds. The average molecular weight is 340 g/mol. The van der Waals surface area contributed by atoms with Gasteiger partial charge < -0.3 is 15.4 Å². The number of carbonyl (C=O) groups excluding carboxylic acids is 1. The Hall–Kier alpha value is -2.18. The molecular formula is C19H24N4O2. The molecule has 2 aliphatic heterocycles. The SMILES string of the molecule is O=C(NCc1cccc2cccnc12)NC[C@@H]1CN2CCC[C@@H]2CO1. The molecule has 2 aliphatic rings. The molecule has 0 bridgehead atoms. The van der Waals surface area contributed by atoms with E-state index in [1.54, 1.807) is 6.20 Å². The van der Waals surface area contributed by atoms with Crippen LogP contribution in [0.4, 0.5) is 4.79 Å². The van der Waals surface area contributed by atoms with Crippen molar-refractivity contribution in [3.63, 3.8) is 0 Å². The van der Waals surface area contributed by atoms with E-state index in [2.05, 4.69) is 20.5 Å². The molecule has 3 heterocycles. The van der Waals surface area contributed by atoms with Crippen LogP contribution in [0.3, 0.4) is 0 Å². The van der Waals surface area contributed by atoms with Gasteiger partial charge in [0.05, 0.1) is 18.2 Å². The van der Waals surface area contributed by atoms with E-state index < -0.39 is 0 Å². The molecule has 0 unspecified atom stereocenters. The number of carbonyl (C=O) groups is 1. The first kappa shape index (κ1) is 16.3. The van der Waals surface area contributed by atoms with Crippen LogP contribution in [-0.4, -0.2) is 54.3 Å². The van der Waals surface area contributed by atoms with Gasteiger partial charge in [0.25, 0.3) is 0 Å². The lowest BCUT2D eigenvalue weighted by Gasteiger charge is -2.35. The molecule has 2 N–H and O–H groups in total. The normalized spacial score (nSPS) is 23.4. The summed E-state index contributed by atoms with van der Waals surface area (Å²) in [6.07, 6.45) is 4.35. The maximum absolute atomic E-state index is 12.1. The zero-order valence-electron chi connectivity index (χ0n) is 14.3. The van der Waals surface area contributed by atoms with E-state index in [1.165, 1.54) is 12.8 Å². The topological polar surface area (TPSA) is 66.5 Å². The van der Waals surface area contributed by atoms with Gasteiger partial charge in [-0.25, -0.2) is 4.79 Å². The summed E-state index contributed by atoms with van der Waals surface area (Å²) in [7, 11) is 0. The molecule has 1 aromatic carbocycles. The van der Waals surface area contributed by atoms with Crippen LogP contribution in [0, 0.1) is 0 Å². The summed E-state index contributed by atoms with van der Waals surface area (Å²) in [6, 6.07) is 10.4. The summed E-state index contributed by atoms with van der Waals surface area (Å²) in [5.41, 5.74) is 1.95. The van der Waals surface area contributed by atoms with Gasteiger partial charge in [-0.3, -0.25) is 9.88 Å². The van der Waals surface area contributed by atoms with Crippen molar-refractivity contribution in [2.45, 2.75) is 31.5 Å². The first-order valence-electron chi connectivity index (χ1n) is 8.99. The number of hydrogen-bond acceptors (Lipinski definition) is 4. The van der Waals surface area contributed by atoms with Gasteiger partial charge in [-0.15, -0.1) is 0 Å². The number of nitrogens with zero attached hydrogens (tertiary/aromatic N) is 2. The highest BCUT2D eigenvalue weighted by Gasteiger charge is 2.32. The number of aromatic nitrogens is 1. The van der Waals surface area contributed by atoms with E-state index in [1.807, 2.05) is 30.3 Å². The molecule has 6 nitrogen and oxygen atoms in total. The molecule has 2 atom stereocenters. The first-order valence-corrected chi connectivity index (χ1v) is 8.99. The van der Waals surface area contributed by atoms with E-state index in [9.17, 15) is 4.79 Å². The Balaban J connectivity index is 1.26. The quantitative estimate of drug-likeness (QED) is 0.892. The maximum atomic E-state index is 12.1. The molecule has 132 valence electrons. The van der Waals surface area contributed by atoms with E-state index >= 15 is 0 Å². The maximum Gasteiger partial charge on any atom is 0.315 e. The molecule has 0 saturated carbocycles. The first-order chi connectivity index (χ1) is 12.3. The van der Waals surface area contributed by atoms with E-state index in [4.69, 9.17) is 4.74 Å². The summed E-state index contributed by atoms with van der Waals surface area (Å²) in [5, 5.41) is 6.93. The Morgan fingerprint density at radius 3 is 3.16 bits per heavy atom. The fourth-order valence-corrected chi connectivity index (χ4v) is 3.76. The molecule has 0 aliphatic carbocycles. The minimum atomic E-state index is -0.167. The monoisotopic (exact) mass is 340 g/mol. The Bertz CT molecular complexity index is 746. The van der Waals surface area contributed by atoms with Crippen LogP contribution in [0.5, 0.6) is 0 Å². The highest BCUT2D eigenvalue weighted by atomic mass is 16.5. The van der Waals surface area contributed by atoms with Crippen molar-refractivity contribution in [1.29, 1.82) is 0 Å². The summed E-state index contributed by atoms with van der Waals surface area (Å²) in [6.45, 7) is 3.86. The number of urea groups is 1. The lowest BCUT2D eigenvalue weighted by Crippen LogP contribution is -2.51. The standard InChI is InChI=1S/C19H24N4O2/c24-19(22-11-17-12-23-9-3-7-16(23)13-25-17)21-10-15-5-1-4-14-6-2-8-20-18(14)15/h1-2,4-6,8,16-17H,3,7,9-13H2,(H2,21,22,24)/t16-,17-/m1/s1. The van der Waals surface area contributed by atoms with Crippen LogP contribution in [0.2, 0.25) is 0 Å². The molecule has 25 heavy (non-hydrogen) atoms. The number of fused-ring (bicyclic) bond motifs is 2. The number of hydrogen-bond donors (Lipinski definition) is 2. The third kappa shape index (κ3) is 3.75. The Labute approximate surface area is 147 Å². The summed E-state index contributed by atoms with van der Waals surface area (Å²) in [4.78, 5) is 19.0. The fourth-order valence-electron chi connectivity index (χ4n) is 3.76. The zero-order chi connectivity index (χ0) is 17.1. The number of morpholine rings is 1. The van der Waals surface area contributed by atoms with Crippen LogP contribution in [0.15, 0.2) is 36.5 Å². The highest BCUT2D eigenvalue weighted by molar-refractivity contribution is 5.82. The predicted molar refractivity (Wildman–Crippen MR) is 96.3 cm³/mol. The van der Waals surface area contributed by atoms with Crippen LogP contribution >= 0.6 is 0 Å². The number of amides is 2. The lowest BCUT2D eigenvalue weighted by molar-refractivity contribution is -0.0457. The van der Waals surface area contributed by atoms with Crippen molar-refractivity contribution >= 4 is 16.9 Å². The van der Waals surface area contributed by atoms with E-state index in [0.29, 0.717) is 19.1 Å². The van der Waals surface area contributed by atoms with Gasteiger partial charge in [-0.1, -0.05) is 24.3 Å². The summed E-state index contributed by atoms with van der Waals surface area (Å²) >= 11 is 0. The van der Waals surface area contributed by atoms with Crippen LogP contribution in [0.25, 0.3) is 10.9 Å². The molecule has 2 saturated heterocycles. The van der Waals surface area contributed by atoms with Crippen molar-refractivity contribution in [2.75, 3.05) is 26.2 Å². The second kappa shape index (κ2) is 7.37. The van der Waals surface area contributed by atoms with Crippen LogP contribution < -0.4 is 10.6 Å². The summed E-state index contributed by atoms with van der Waals surface area (Å²) < 4.78 is 5.87. The molecular weight excluding hydrogens is 316 g/mol. The molecule has 2 aromatic rings. The number of rotatable bonds is 4. The lowest BCUT2D eigenvalue weighted by atomic mass is 10.1. The van der Waals surface area contributed by atoms with Gasteiger partial charge in [-0.05, 0) is 31.0 Å². The minimum Gasteiger partial charge on any atom is -0.373 e. The number of ether oxygens (including phenoxy) is 1. The van der Waals surface area contributed by atoms with Crippen molar-refractivity contribution in [3.05, 3.63) is 42.1 Å². The Morgan fingerprint density at radius 2 is 2.20 bits per heavy atom. The van der Waals surface area contributed by atoms with Crippen molar-refractivity contribution < 1.29 is 9.53 Å². The van der Waals surface area contributed by atoms with Crippen molar-refractivity contribution in [2.24, 2.45) is 0 Å². The molecule has 0 spiro atoms.